The van der Waals surface area contributed by atoms with E-state index in [-0.39, 0.29) is 12.1 Å². The average Bonchev–Trinajstić information content (AvgIpc) is 2.41. The lowest BCUT2D eigenvalue weighted by Crippen LogP contribution is -2.42. The second-order valence-electron chi connectivity index (χ2n) is 5.90. The summed E-state index contributed by atoms with van der Waals surface area (Å²) < 4.78 is 11.2. The van der Waals surface area contributed by atoms with Crippen LogP contribution in [0.1, 0.15) is 32.3 Å². The standard InChI is InChI=1S/C16H25ClN2O2/c1-11(2)21-16-8-14(17)12(7-15(16)20-3)9-19-6-4-5-13(18)10-19/h7-8,11,13H,4-6,9-10,18H2,1-3H3. The summed E-state index contributed by atoms with van der Waals surface area (Å²) in [6.45, 7) is 6.75. The zero-order valence-corrected chi connectivity index (χ0v) is 13.8. The van der Waals surface area contributed by atoms with E-state index in [0.29, 0.717) is 10.8 Å². The molecule has 0 radical (unpaired) electrons. The molecule has 1 unspecified atom stereocenters. The molecular formula is C16H25ClN2O2. The summed E-state index contributed by atoms with van der Waals surface area (Å²) >= 11 is 6.40. The van der Waals surface area contributed by atoms with Gasteiger partial charge in [-0.2, -0.15) is 0 Å². The van der Waals surface area contributed by atoms with Crippen LogP contribution in [0.3, 0.4) is 0 Å². The molecule has 4 nitrogen and oxygen atoms in total. The summed E-state index contributed by atoms with van der Waals surface area (Å²) in [5.41, 5.74) is 7.09. The topological polar surface area (TPSA) is 47.7 Å². The van der Waals surface area contributed by atoms with Crippen LogP contribution in [0.15, 0.2) is 12.1 Å². The Morgan fingerprint density at radius 1 is 1.38 bits per heavy atom. The Morgan fingerprint density at radius 2 is 2.14 bits per heavy atom. The Labute approximate surface area is 132 Å². The monoisotopic (exact) mass is 312 g/mol. The molecule has 21 heavy (non-hydrogen) atoms. The molecule has 1 fully saturated rings. The molecule has 2 rings (SSSR count). The molecular weight excluding hydrogens is 288 g/mol. The highest BCUT2D eigenvalue weighted by atomic mass is 35.5. The number of hydrogen-bond acceptors (Lipinski definition) is 4. The van der Waals surface area contributed by atoms with Gasteiger partial charge in [0.25, 0.3) is 0 Å². The number of halogens is 1. The first kappa shape index (κ1) is 16.4. The van der Waals surface area contributed by atoms with E-state index < -0.39 is 0 Å². The molecule has 118 valence electrons. The third-order valence-electron chi connectivity index (χ3n) is 3.63. The minimum atomic E-state index is 0.0842. The minimum absolute atomic E-state index is 0.0842. The molecule has 0 amide bonds. The lowest BCUT2D eigenvalue weighted by Gasteiger charge is -2.31. The van der Waals surface area contributed by atoms with Gasteiger partial charge in [0.2, 0.25) is 0 Å². The van der Waals surface area contributed by atoms with Crippen molar-refractivity contribution in [2.75, 3.05) is 20.2 Å². The van der Waals surface area contributed by atoms with Gasteiger partial charge < -0.3 is 15.2 Å². The molecule has 1 aliphatic rings. The molecule has 0 saturated carbocycles. The number of hydrogen-bond donors (Lipinski definition) is 1. The molecule has 1 heterocycles. The molecule has 1 aliphatic heterocycles. The van der Waals surface area contributed by atoms with E-state index in [1.54, 1.807) is 7.11 Å². The first-order chi connectivity index (χ1) is 9.99. The lowest BCUT2D eigenvalue weighted by atomic mass is 10.1. The smallest absolute Gasteiger partial charge is 0.163 e. The van der Waals surface area contributed by atoms with Crippen LogP contribution in [-0.2, 0) is 6.54 Å². The van der Waals surface area contributed by atoms with E-state index in [0.717, 1.165) is 43.8 Å². The number of piperidine rings is 1. The van der Waals surface area contributed by atoms with Crippen molar-refractivity contribution in [1.82, 2.24) is 4.90 Å². The van der Waals surface area contributed by atoms with Gasteiger partial charge >= 0.3 is 0 Å². The van der Waals surface area contributed by atoms with Gasteiger partial charge in [0, 0.05) is 30.2 Å². The molecule has 1 atom stereocenters. The van der Waals surface area contributed by atoms with Crippen molar-refractivity contribution in [3.05, 3.63) is 22.7 Å². The highest BCUT2D eigenvalue weighted by Gasteiger charge is 2.19. The Morgan fingerprint density at radius 3 is 2.76 bits per heavy atom. The zero-order chi connectivity index (χ0) is 15.4. The molecule has 0 aliphatic carbocycles. The fourth-order valence-corrected chi connectivity index (χ4v) is 2.89. The number of rotatable bonds is 5. The van der Waals surface area contributed by atoms with Crippen molar-refractivity contribution in [1.29, 1.82) is 0 Å². The van der Waals surface area contributed by atoms with Crippen LogP contribution in [0.2, 0.25) is 5.02 Å². The van der Waals surface area contributed by atoms with Crippen molar-refractivity contribution in [2.24, 2.45) is 5.73 Å². The van der Waals surface area contributed by atoms with Gasteiger partial charge in [0.05, 0.1) is 13.2 Å². The first-order valence-electron chi connectivity index (χ1n) is 7.50. The Hall–Kier alpha value is -0.970. The summed E-state index contributed by atoms with van der Waals surface area (Å²) in [6.07, 6.45) is 2.33. The van der Waals surface area contributed by atoms with Crippen LogP contribution < -0.4 is 15.2 Å². The van der Waals surface area contributed by atoms with E-state index >= 15 is 0 Å². The van der Waals surface area contributed by atoms with Crippen LogP contribution in [0, 0.1) is 0 Å². The van der Waals surface area contributed by atoms with Gasteiger partial charge in [0.15, 0.2) is 11.5 Å². The van der Waals surface area contributed by atoms with Gasteiger partial charge in [0.1, 0.15) is 0 Å². The predicted octanol–water partition coefficient (Wildman–Crippen LogP) is 3.06. The van der Waals surface area contributed by atoms with Gasteiger partial charge in [-0.3, -0.25) is 4.90 Å². The number of benzene rings is 1. The summed E-state index contributed by atoms with van der Waals surface area (Å²) in [7, 11) is 1.65. The molecule has 1 saturated heterocycles. The predicted molar refractivity (Wildman–Crippen MR) is 86.3 cm³/mol. The van der Waals surface area contributed by atoms with Crippen LogP contribution >= 0.6 is 11.6 Å². The number of nitrogens with two attached hydrogens (primary N) is 1. The van der Waals surface area contributed by atoms with E-state index in [2.05, 4.69) is 4.90 Å². The molecule has 0 aromatic heterocycles. The molecule has 5 heteroatoms. The fraction of sp³-hybridized carbons (Fsp3) is 0.625. The van der Waals surface area contributed by atoms with Crippen LogP contribution in [0.4, 0.5) is 0 Å². The number of methoxy groups -OCH3 is 1. The summed E-state index contributed by atoms with van der Waals surface area (Å²) in [4.78, 5) is 2.35. The average molecular weight is 313 g/mol. The van der Waals surface area contributed by atoms with Crippen molar-refractivity contribution in [2.45, 2.75) is 45.4 Å². The van der Waals surface area contributed by atoms with Gasteiger partial charge in [-0.15, -0.1) is 0 Å². The van der Waals surface area contributed by atoms with Crippen molar-refractivity contribution in [3.63, 3.8) is 0 Å². The Bertz CT molecular complexity index is 480. The summed E-state index contributed by atoms with van der Waals surface area (Å²) in [5, 5.41) is 0.714. The molecule has 0 bridgehead atoms. The van der Waals surface area contributed by atoms with E-state index in [1.807, 2.05) is 26.0 Å². The maximum atomic E-state index is 6.40. The zero-order valence-electron chi connectivity index (χ0n) is 13.1. The molecule has 2 N–H and O–H groups in total. The van der Waals surface area contributed by atoms with Crippen molar-refractivity contribution < 1.29 is 9.47 Å². The maximum absolute atomic E-state index is 6.40. The Balaban J connectivity index is 2.15. The maximum Gasteiger partial charge on any atom is 0.163 e. The van der Waals surface area contributed by atoms with Gasteiger partial charge in [-0.05, 0) is 44.9 Å². The normalized spacial score (nSPS) is 19.8. The summed E-state index contributed by atoms with van der Waals surface area (Å²) in [6, 6.07) is 4.09. The van der Waals surface area contributed by atoms with Crippen LogP contribution in [0.5, 0.6) is 11.5 Å². The van der Waals surface area contributed by atoms with Crippen molar-refractivity contribution >= 4 is 11.6 Å². The fourth-order valence-electron chi connectivity index (χ4n) is 2.68. The van der Waals surface area contributed by atoms with Crippen LogP contribution in [-0.4, -0.2) is 37.2 Å². The molecule has 0 spiro atoms. The van der Waals surface area contributed by atoms with Gasteiger partial charge in [-0.25, -0.2) is 0 Å². The number of nitrogens with zero attached hydrogens (tertiary/aromatic N) is 1. The molecule has 1 aromatic carbocycles. The lowest BCUT2D eigenvalue weighted by molar-refractivity contribution is 0.200. The Kier molecular flexibility index (Phi) is 5.73. The second-order valence-corrected chi connectivity index (χ2v) is 6.31. The third-order valence-corrected chi connectivity index (χ3v) is 3.98. The van der Waals surface area contributed by atoms with E-state index in [1.165, 1.54) is 0 Å². The summed E-state index contributed by atoms with van der Waals surface area (Å²) in [5.74, 6) is 1.42. The highest BCUT2D eigenvalue weighted by Crippen LogP contribution is 2.34. The minimum Gasteiger partial charge on any atom is -0.493 e. The van der Waals surface area contributed by atoms with Crippen LogP contribution in [0.25, 0.3) is 0 Å². The highest BCUT2D eigenvalue weighted by molar-refractivity contribution is 6.31. The second kappa shape index (κ2) is 7.34. The van der Waals surface area contributed by atoms with E-state index in [9.17, 15) is 0 Å². The quantitative estimate of drug-likeness (QED) is 0.908. The van der Waals surface area contributed by atoms with Gasteiger partial charge in [-0.1, -0.05) is 11.6 Å². The number of likely N-dealkylation sites (tertiary alicyclic amines) is 1. The number of ether oxygens (including phenoxy) is 2. The SMILES string of the molecule is COc1cc(CN2CCCC(N)C2)c(Cl)cc1OC(C)C. The van der Waals surface area contributed by atoms with E-state index in [4.69, 9.17) is 26.8 Å². The third kappa shape index (κ3) is 4.50. The largest absolute Gasteiger partial charge is 0.493 e. The first-order valence-corrected chi connectivity index (χ1v) is 7.88. The van der Waals surface area contributed by atoms with Crippen molar-refractivity contribution in [3.8, 4) is 11.5 Å². The molecule has 1 aromatic rings.